The van der Waals surface area contributed by atoms with Crippen LogP contribution in [0, 0.1) is 5.92 Å². The van der Waals surface area contributed by atoms with Crippen LogP contribution in [0.4, 0.5) is 0 Å². The smallest absolute Gasteiger partial charge is 0.0326 e. The number of hydrogen-bond acceptors (Lipinski definition) is 2. The highest BCUT2D eigenvalue weighted by Gasteiger charge is 2.53. The van der Waals surface area contributed by atoms with E-state index in [0.717, 1.165) is 19.0 Å². The molecule has 54 valence electrons. The molecule has 1 saturated heterocycles. The molecule has 0 radical (unpaired) electrons. The van der Waals surface area contributed by atoms with Crippen LogP contribution in [-0.2, 0) is 0 Å². The fourth-order valence-corrected chi connectivity index (χ4v) is 1.37. The number of fused-ring (bicyclic) bond motifs is 1. The molecule has 1 saturated carbocycles. The summed E-state index contributed by atoms with van der Waals surface area (Å²) >= 11 is 0. The Kier molecular flexibility index (Phi) is 1.78. The molecular weight excluding hydrogens is 112 g/mol. The summed E-state index contributed by atoms with van der Waals surface area (Å²) in [6.45, 7) is 6.22. The zero-order valence-electron chi connectivity index (χ0n) is 6.28. The van der Waals surface area contributed by atoms with Gasteiger partial charge in [-0.2, -0.15) is 0 Å². The molecule has 1 aliphatic carbocycles. The van der Waals surface area contributed by atoms with Gasteiger partial charge in [-0.05, 0) is 18.9 Å². The van der Waals surface area contributed by atoms with E-state index in [9.17, 15) is 0 Å². The number of hydrogen-bond donors (Lipinski definition) is 2. The zero-order chi connectivity index (χ0) is 6.91. The minimum absolute atomic E-state index is 0.250. The van der Waals surface area contributed by atoms with Crippen molar-refractivity contribution in [2.45, 2.75) is 25.8 Å². The van der Waals surface area contributed by atoms with Gasteiger partial charge in [-0.15, -0.1) is 0 Å². The van der Waals surface area contributed by atoms with Crippen LogP contribution in [0.3, 0.4) is 0 Å². The van der Waals surface area contributed by atoms with Crippen molar-refractivity contribution in [2.24, 2.45) is 11.7 Å². The van der Waals surface area contributed by atoms with E-state index < -0.39 is 0 Å². The van der Waals surface area contributed by atoms with E-state index in [2.05, 4.69) is 5.32 Å². The molecule has 2 rings (SSSR count). The second-order valence-electron chi connectivity index (χ2n) is 2.77. The van der Waals surface area contributed by atoms with Crippen LogP contribution in [0.1, 0.15) is 20.3 Å². The van der Waals surface area contributed by atoms with Gasteiger partial charge in [0.05, 0.1) is 0 Å². The Morgan fingerprint density at radius 2 is 2.22 bits per heavy atom. The Labute approximate surface area is 56.8 Å². The standard InChI is InChI=1S/C5H10N2.C2H6/c6-5-1-4(5)2-7-3-5;1-2/h4,7H,1-3,6H2;1-2H3. The maximum atomic E-state index is 5.79. The van der Waals surface area contributed by atoms with E-state index in [1.165, 1.54) is 6.42 Å². The van der Waals surface area contributed by atoms with Gasteiger partial charge in [-0.25, -0.2) is 0 Å². The van der Waals surface area contributed by atoms with E-state index in [-0.39, 0.29) is 5.54 Å². The first-order valence-corrected chi connectivity index (χ1v) is 3.81. The highest BCUT2D eigenvalue weighted by Crippen LogP contribution is 2.43. The number of nitrogens with one attached hydrogen (secondary N) is 1. The van der Waals surface area contributed by atoms with Crippen molar-refractivity contribution < 1.29 is 0 Å². The third-order valence-electron chi connectivity index (χ3n) is 2.12. The largest absolute Gasteiger partial charge is 0.324 e. The lowest BCUT2D eigenvalue weighted by molar-refractivity contribution is 0.664. The van der Waals surface area contributed by atoms with Gasteiger partial charge in [0.25, 0.3) is 0 Å². The fourth-order valence-electron chi connectivity index (χ4n) is 1.37. The Morgan fingerprint density at radius 1 is 1.56 bits per heavy atom. The lowest BCUT2D eigenvalue weighted by Crippen LogP contribution is -2.29. The van der Waals surface area contributed by atoms with Crippen LogP contribution < -0.4 is 11.1 Å². The second-order valence-corrected chi connectivity index (χ2v) is 2.77. The molecule has 0 aromatic heterocycles. The Hall–Kier alpha value is -0.0800. The van der Waals surface area contributed by atoms with Gasteiger partial charge in [0.1, 0.15) is 0 Å². The normalized spacial score (nSPS) is 45.0. The number of nitrogens with two attached hydrogens (primary N) is 1. The molecule has 2 fully saturated rings. The monoisotopic (exact) mass is 128 g/mol. The highest BCUT2D eigenvalue weighted by atomic mass is 15.1. The summed E-state index contributed by atoms with van der Waals surface area (Å²) in [4.78, 5) is 0. The number of piperidine rings is 1. The van der Waals surface area contributed by atoms with Crippen LogP contribution in [0.15, 0.2) is 0 Å². The van der Waals surface area contributed by atoms with E-state index >= 15 is 0 Å². The molecule has 0 bridgehead atoms. The molecule has 0 aromatic rings. The maximum absolute atomic E-state index is 5.79. The fraction of sp³-hybridized carbons (Fsp3) is 1.00. The summed E-state index contributed by atoms with van der Waals surface area (Å²) in [6.07, 6.45) is 1.26. The van der Waals surface area contributed by atoms with Crippen molar-refractivity contribution in [2.75, 3.05) is 13.1 Å². The van der Waals surface area contributed by atoms with Crippen LogP contribution in [-0.4, -0.2) is 18.6 Å². The average molecular weight is 128 g/mol. The molecule has 0 aromatic carbocycles. The van der Waals surface area contributed by atoms with Gasteiger partial charge >= 0.3 is 0 Å². The van der Waals surface area contributed by atoms with Gasteiger partial charge in [0.2, 0.25) is 0 Å². The second kappa shape index (κ2) is 2.27. The summed E-state index contributed by atoms with van der Waals surface area (Å²) < 4.78 is 0. The molecule has 0 spiro atoms. The zero-order valence-corrected chi connectivity index (χ0v) is 6.28. The molecule has 2 nitrogen and oxygen atoms in total. The summed E-state index contributed by atoms with van der Waals surface area (Å²) in [7, 11) is 0. The molecule has 2 aliphatic rings. The van der Waals surface area contributed by atoms with E-state index in [1.807, 2.05) is 13.8 Å². The van der Waals surface area contributed by atoms with Gasteiger partial charge in [0.15, 0.2) is 0 Å². The van der Waals surface area contributed by atoms with Gasteiger partial charge < -0.3 is 11.1 Å². The van der Waals surface area contributed by atoms with Gasteiger partial charge in [0, 0.05) is 12.1 Å². The van der Waals surface area contributed by atoms with Gasteiger partial charge in [-0.3, -0.25) is 0 Å². The summed E-state index contributed by atoms with van der Waals surface area (Å²) in [5.74, 6) is 0.826. The van der Waals surface area contributed by atoms with Crippen molar-refractivity contribution in [3.63, 3.8) is 0 Å². The highest BCUT2D eigenvalue weighted by molar-refractivity contribution is 5.14. The summed E-state index contributed by atoms with van der Waals surface area (Å²) in [5.41, 5.74) is 6.04. The van der Waals surface area contributed by atoms with Crippen LogP contribution in [0.25, 0.3) is 0 Å². The van der Waals surface area contributed by atoms with E-state index in [0.29, 0.717) is 0 Å². The Balaban J connectivity index is 0.000000186. The first-order valence-electron chi connectivity index (χ1n) is 3.81. The molecular formula is C7H16N2. The minimum Gasteiger partial charge on any atom is -0.324 e. The van der Waals surface area contributed by atoms with Crippen molar-refractivity contribution in [1.82, 2.24) is 5.32 Å². The number of rotatable bonds is 0. The molecule has 2 heteroatoms. The maximum Gasteiger partial charge on any atom is 0.0326 e. The molecule has 1 heterocycles. The predicted octanol–water partition coefficient (Wildman–Crippen LogP) is 0.333. The predicted molar refractivity (Wildman–Crippen MR) is 39.2 cm³/mol. The molecule has 2 unspecified atom stereocenters. The molecule has 1 aliphatic heterocycles. The molecule has 2 atom stereocenters. The lowest BCUT2D eigenvalue weighted by atomic mass is 10.3. The lowest BCUT2D eigenvalue weighted by Gasteiger charge is -1.98. The summed E-state index contributed by atoms with van der Waals surface area (Å²) in [6, 6.07) is 0. The van der Waals surface area contributed by atoms with Crippen LogP contribution in [0.2, 0.25) is 0 Å². The topological polar surface area (TPSA) is 38.0 Å². The van der Waals surface area contributed by atoms with E-state index in [1.54, 1.807) is 0 Å². The first kappa shape index (κ1) is 7.03. The summed E-state index contributed by atoms with van der Waals surface area (Å²) in [5, 5.41) is 3.24. The first-order chi connectivity index (χ1) is 4.31. The molecule has 3 N–H and O–H groups in total. The molecule has 9 heavy (non-hydrogen) atoms. The third kappa shape index (κ3) is 1.10. The van der Waals surface area contributed by atoms with Crippen molar-refractivity contribution in [1.29, 1.82) is 0 Å². The third-order valence-corrected chi connectivity index (χ3v) is 2.12. The van der Waals surface area contributed by atoms with Crippen molar-refractivity contribution >= 4 is 0 Å². The average Bonchev–Trinajstić information content (AvgIpc) is 2.38. The quantitative estimate of drug-likeness (QED) is 0.493. The Bertz CT molecular complexity index is 101. The van der Waals surface area contributed by atoms with Crippen molar-refractivity contribution in [3.05, 3.63) is 0 Å². The SMILES string of the molecule is CC.NC12CNCC1C2. The van der Waals surface area contributed by atoms with E-state index in [4.69, 9.17) is 5.73 Å². The van der Waals surface area contributed by atoms with Crippen LogP contribution >= 0.6 is 0 Å². The van der Waals surface area contributed by atoms with Crippen molar-refractivity contribution in [3.8, 4) is 0 Å². The van der Waals surface area contributed by atoms with Crippen LogP contribution in [0.5, 0.6) is 0 Å². The Morgan fingerprint density at radius 3 is 2.33 bits per heavy atom. The molecule has 0 amide bonds. The van der Waals surface area contributed by atoms with Gasteiger partial charge in [-0.1, -0.05) is 13.8 Å². The minimum atomic E-state index is 0.250.